The van der Waals surface area contributed by atoms with E-state index in [0.717, 1.165) is 18.5 Å². The van der Waals surface area contributed by atoms with Crippen molar-refractivity contribution in [2.75, 3.05) is 40.2 Å². The zero-order valence-corrected chi connectivity index (χ0v) is 17.5. The summed E-state index contributed by atoms with van der Waals surface area (Å²) in [5.41, 5.74) is 7.74. The van der Waals surface area contributed by atoms with Gasteiger partial charge in [-0.15, -0.1) is 0 Å². The Morgan fingerprint density at radius 1 is 1.27 bits per heavy atom. The van der Waals surface area contributed by atoms with Crippen LogP contribution in [0.3, 0.4) is 0 Å². The zero-order chi connectivity index (χ0) is 21.8. The van der Waals surface area contributed by atoms with Crippen LogP contribution in [0.15, 0.2) is 36.4 Å². The molecule has 7 nitrogen and oxygen atoms in total. The zero-order valence-electron chi connectivity index (χ0n) is 17.5. The number of phenolic OH excluding ortho intramolecular Hbond substituents is 1. The lowest BCUT2D eigenvalue weighted by molar-refractivity contribution is 0.104. The number of carbonyl (C=O) groups is 1. The summed E-state index contributed by atoms with van der Waals surface area (Å²) in [4.78, 5) is 15.1. The van der Waals surface area contributed by atoms with Gasteiger partial charge in [0, 0.05) is 29.3 Å². The molecule has 7 heteroatoms. The second kappa shape index (κ2) is 9.19. The Bertz CT molecular complexity index is 957. The maximum absolute atomic E-state index is 13.0. The van der Waals surface area contributed by atoms with Gasteiger partial charge in [-0.25, -0.2) is 0 Å². The van der Waals surface area contributed by atoms with Crippen molar-refractivity contribution in [3.05, 3.63) is 53.1 Å². The maximum atomic E-state index is 13.0. The van der Waals surface area contributed by atoms with Gasteiger partial charge in [-0.1, -0.05) is 18.2 Å². The van der Waals surface area contributed by atoms with Crippen molar-refractivity contribution >= 4 is 17.5 Å². The van der Waals surface area contributed by atoms with Crippen molar-refractivity contribution < 1.29 is 24.5 Å². The number of phenols is 1. The second-order valence-electron chi connectivity index (χ2n) is 7.41. The molecule has 160 valence electrons. The van der Waals surface area contributed by atoms with Gasteiger partial charge in [0.05, 0.1) is 20.8 Å². The Labute approximate surface area is 176 Å². The number of likely N-dealkylation sites (N-methyl/N-ethyl adjacent to an activating group) is 1. The van der Waals surface area contributed by atoms with Gasteiger partial charge in [-0.05, 0) is 43.8 Å². The van der Waals surface area contributed by atoms with Gasteiger partial charge in [-0.3, -0.25) is 4.79 Å². The molecule has 2 aromatic rings. The van der Waals surface area contributed by atoms with E-state index in [4.69, 9.17) is 15.2 Å². The second-order valence-corrected chi connectivity index (χ2v) is 7.41. The number of nitrogens with two attached hydrogens (primary N) is 1. The predicted molar refractivity (Wildman–Crippen MR) is 116 cm³/mol. The summed E-state index contributed by atoms with van der Waals surface area (Å²) < 4.78 is 10.9. The lowest BCUT2D eigenvalue weighted by Crippen LogP contribution is -2.32. The number of anilines is 1. The first-order valence-electron chi connectivity index (χ1n) is 9.78. The number of allylic oxidation sites excluding steroid dienone is 1. The summed E-state index contributed by atoms with van der Waals surface area (Å²) >= 11 is 0. The molecule has 0 aromatic heterocycles. The lowest BCUT2D eigenvalue weighted by Gasteiger charge is -2.26. The van der Waals surface area contributed by atoms with Crippen LogP contribution < -0.4 is 15.2 Å². The number of ether oxygens (including phenoxy) is 2. The fraction of sp³-hybridized carbons (Fsp3) is 0.348. The molecule has 0 radical (unpaired) electrons. The van der Waals surface area contributed by atoms with Crippen LogP contribution in [0, 0.1) is 0 Å². The van der Waals surface area contributed by atoms with Gasteiger partial charge in [0.1, 0.15) is 22.8 Å². The number of aliphatic hydroxyl groups excluding tert-OH is 1. The van der Waals surface area contributed by atoms with Gasteiger partial charge in [0.25, 0.3) is 0 Å². The predicted octanol–water partition coefficient (Wildman–Crippen LogP) is 2.67. The smallest absolute Gasteiger partial charge is 0.193 e. The van der Waals surface area contributed by atoms with Crippen LogP contribution in [-0.4, -0.2) is 61.4 Å². The summed E-state index contributed by atoms with van der Waals surface area (Å²) in [5.74, 6) is -0.0956. The molecule has 1 aliphatic rings. The Morgan fingerprint density at radius 2 is 2.00 bits per heavy atom. The molecule has 3 rings (SSSR count). The molecule has 1 aliphatic heterocycles. The molecule has 2 aromatic carbocycles. The monoisotopic (exact) mass is 412 g/mol. The normalized spacial score (nSPS) is 19.3. The van der Waals surface area contributed by atoms with Crippen LogP contribution in [0.4, 0.5) is 5.69 Å². The summed E-state index contributed by atoms with van der Waals surface area (Å²) in [6.07, 6.45) is 3.75. The molecule has 0 spiro atoms. The fourth-order valence-electron chi connectivity index (χ4n) is 4.09. The van der Waals surface area contributed by atoms with Gasteiger partial charge < -0.3 is 30.3 Å². The molecule has 1 fully saturated rings. The van der Waals surface area contributed by atoms with E-state index >= 15 is 0 Å². The molecule has 30 heavy (non-hydrogen) atoms. The standard InChI is InChI=1S/C23H28N2O5/c1-25-10-9-16(17(25)13-26)21-19(29-2)12-20(30-3)22(23(21)28)18(27)8-7-14-5-4-6-15(24)11-14/h4-8,11-12,16-17,26,28H,9-10,13,24H2,1-3H3/b8-7+. The van der Waals surface area contributed by atoms with Crippen molar-refractivity contribution in [1.82, 2.24) is 4.90 Å². The highest BCUT2D eigenvalue weighted by atomic mass is 16.5. The van der Waals surface area contributed by atoms with E-state index in [1.807, 2.05) is 18.0 Å². The molecular weight excluding hydrogens is 384 g/mol. The Balaban J connectivity index is 2.06. The maximum Gasteiger partial charge on any atom is 0.193 e. The van der Waals surface area contributed by atoms with Crippen LogP contribution in [0.1, 0.15) is 33.8 Å². The molecule has 1 heterocycles. The molecule has 2 atom stereocenters. The Hall–Kier alpha value is -3.03. The van der Waals surface area contributed by atoms with Crippen LogP contribution in [0.25, 0.3) is 6.08 Å². The molecule has 2 unspecified atom stereocenters. The Morgan fingerprint density at radius 3 is 2.63 bits per heavy atom. The minimum absolute atomic E-state index is 0.0611. The minimum Gasteiger partial charge on any atom is -0.507 e. The average molecular weight is 412 g/mol. The molecule has 0 bridgehead atoms. The molecule has 0 aliphatic carbocycles. The van der Waals surface area contributed by atoms with Gasteiger partial charge >= 0.3 is 0 Å². The first-order valence-corrected chi connectivity index (χ1v) is 9.78. The minimum atomic E-state index is -0.400. The van der Waals surface area contributed by atoms with Crippen molar-refractivity contribution in [3.63, 3.8) is 0 Å². The number of ketones is 1. The highest BCUT2D eigenvalue weighted by Crippen LogP contribution is 2.47. The van der Waals surface area contributed by atoms with E-state index in [0.29, 0.717) is 17.0 Å². The Kier molecular flexibility index (Phi) is 6.64. The van der Waals surface area contributed by atoms with Crippen LogP contribution in [-0.2, 0) is 0 Å². The van der Waals surface area contributed by atoms with Crippen molar-refractivity contribution in [2.45, 2.75) is 18.4 Å². The van der Waals surface area contributed by atoms with Crippen molar-refractivity contribution in [2.24, 2.45) is 0 Å². The summed E-state index contributed by atoms with van der Waals surface area (Å²) in [5, 5.41) is 21.0. The van der Waals surface area contributed by atoms with Crippen LogP contribution >= 0.6 is 0 Å². The van der Waals surface area contributed by atoms with Crippen LogP contribution in [0.5, 0.6) is 17.2 Å². The summed E-state index contributed by atoms with van der Waals surface area (Å²) in [6, 6.07) is 8.58. The van der Waals surface area contributed by atoms with E-state index in [9.17, 15) is 15.0 Å². The van der Waals surface area contributed by atoms with Crippen LogP contribution in [0.2, 0.25) is 0 Å². The number of hydrogen-bond donors (Lipinski definition) is 3. The number of aliphatic hydroxyl groups is 1. The average Bonchev–Trinajstić information content (AvgIpc) is 3.11. The van der Waals surface area contributed by atoms with E-state index in [2.05, 4.69) is 0 Å². The highest BCUT2D eigenvalue weighted by molar-refractivity contribution is 6.11. The van der Waals surface area contributed by atoms with Gasteiger partial charge in [0.2, 0.25) is 0 Å². The number of hydrogen-bond acceptors (Lipinski definition) is 7. The molecule has 0 saturated carbocycles. The highest BCUT2D eigenvalue weighted by Gasteiger charge is 2.37. The number of nitrogen functional groups attached to an aromatic ring is 1. The lowest BCUT2D eigenvalue weighted by atomic mass is 9.87. The van der Waals surface area contributed by atoms with Crippen molar-refractivity contribution in [3.8, 4) is 17.2 Å². The number of likely N-dealkylation sites (tertiary alicyclic amines) is 1. The summed E-state index contributed by atoms with van der Waals surface area (Å²) in [6.45, 7) is 0.706. The van der Waals surface area contributed by atoms with Gasteiger partial charge in [-0.2, -0.15) is 0 Å². The number of methoxy groups -OCH3 is 2. The molecule has 0 amide bonds. The largest absolute Gasteiger partial charge is 0.507 e. The molecule has 1 saturated heterocycles. The third-order valence-corrected chi connectivity index (χ3v) is 5.67. The number of benzene rings is 2. The van der Waals surface area contributed by atoms with E-state index in [1.165, 1.54) is 20.3 Å². The fourth-order valence-corrected chi connectivity index (χ4v) is 4.09. The SMILES string of the molecule is COc1cc(OC)c(C2CCN(C)C2CO)c(O)c1C(=O)/C=C/c1cccc(N)c1. The first kappa shape index (κ1) is 21.7. The van der Waals surface area contributed by atoms with Gasteiger partial charge in [0.15, 0.2) is 5.78 Å². The molecule has 4 N–H and O–H groups in total. The summed E-state index contributed by atoms with van der Waals surface area (Å²) in [7, 11) is 4.87. The van der Waals surface area contributed by atoms with Crippen molar-refractivity contribution in [1.29, 1.82) is 0 Å². The number of carbonyl (C=O) groups excluding carboxylic acids is 1. The van der Waals surface area contributed by atoms with E-state index in [-0.39, 0.29) is 35.6 Å². The topological polar surface area (TPSA) is 105 Å². The van der Waals surface area contributed by atoms with E-state index in [1.54, 1.807) is 30.3 Å². The van der Waals surface area contributed by atoms with E-state index < -0.39 is 5.78 Å². The first-order chi connectivity index (χ1) is 14.4. The third-order valence-electron chi connectivity index (χ3n) is 5.67. The number of rotatable bonds is 7. The quantitative estimate of drug-likeness (QED) is 0.365. The number of nitrogens with zero attached hydrogens (tertiary/aromatic N) is 1. The third kappa shape index (κ3) is 4.13. The molecular formula is C23H28N2O5. The number of aromatic hydroxyl groups is 1.